The summed E-state index contributed by atoms with van der Waals surface area (Å²) in [6.07, 6.45) is 4.16. The lowest BCUT2D eigenvalue weighted by atomic mass is 9.67. The molecule has 5 fully saturated rings. The third kappa shape index (κ3) is 4.68. The zero-order chi connectivity index (χ0) is 23.5. The van der Waals surface area contributed by atoms with Crippen LogP contribution in [0.15, 0.2) is 0 Å². The fraction of sp³-hybridized carbons (Fsp3) is 0.960. The molecule has 5 nitrogen and oxygen atoms in total. The average Bonchev–Trinajstić information content (AvgIpc) is 3.46. The van der Waals surface area contributed by atoms with Crippen molar-refractivity contribution in [3.8, 4) is 0 Å². The van der Waals surface area contributed by atoms with E-state index in [1.54, 1.807) is 0 Å². The summed E-state index contributed by atoms with van der Waals surface area (Å²) in [5.74, 6) is -1.23. The Bertz CT molecular complexity index is 740. The molecule has 5 rings (SSSR count). The summed E-state index contributed by atoms with van der Waals surface area (Å²) in [5.41, 5.74) is 6.64. The van der Waals surface area contributed by atoms with Gasteiger partial charge in [0, 0.05) is 18.5 Å². The number of hydrogen-bond acceptors (Lipinski definition) is 4. The van der Waals surface area contributed by atoms with Crippen molar-refractivity contribution < 1.29 is 18.0 Å². The van der Waals surface area contributed by atoms with Gasteiger partial charge in [-0.25, -0.2) is 10.9 Å². The number of likely N-dealkylation sites (tertiary alicyclic amines) is 1. The molecule has 2 N–H and O–H groups in total. The molecule has 2 heterocycles. The van der Waals surface area contributed by atoms with Gasteiger partial charge in [-0.05, 0) is 87.5 Å². The smallest absolute Gasteiger partial charge is 0.339 e. The summed E-state index contributed by atoms with van der Waals surface area (Å²) >= 11 is 0. The van der Waals surface area contributed by atoms with E-state index in [1.165, 1.54) is 0 Å². The Morgan fingerprint density at radius 3 is 2.42 bits per heavy atom. The van der Waals surface area contributed by atoms with Crippen LogP contribution in [0.4, 0.5) is 13.2 Å². The van der Waals surface area contributed by atoms with Crippen LogP contribution in [0.25, 0.3) is 0 Å². The van der Waals surface area contributed by atoms with Crippen molar-refractivity contribution in [3.05, 3.63) is 0 Å². The molecule has 8 heteroatoms. The molecule has 2 aliphatic heterocycles. The molecule has 33 heavy (non-hydrogen) atoms. The third-order valence-electron chi connectivity index (χ3n) is 9.91. The van der Waals surface area contributed by atoms with Gasteiger partial charge in [-0.3, -0.25) is 9.69 Å². The van der Waals surface area contributed by atoms with E-state index < -0.39 is 23.9 Å². The second kappa shape index (κ2) is 8.66. The van der Waals surface area contributed by atoms with Crippen molar-refractivity contribution in [2.45, 2.75) is 90.0 Å². The highest BCUT2D eigenvalue weighted by Crippen LogP contribution is 2.56. The first-order valence-corrected chi connectivity index (χ1v) is 13.1. The van der Waals surface area contributed by atoms with Crippen molar-refractivity contribution in [2.24, 2.45) is 40.9 Å². The number of nitrogens with zero attached hydrogens (tertiary/aromatic N) is 2. The number of rotatable bonds is 5. The molecule has 3 aliphatic carbocycles. The number of amides is 1. The van der Waals surface area contributed by atoms with E-state index >= 15 is 0 Å². The van der Waals surface area contributed by atoms with E-state index in [0.29, 0.717) is 24.8 Å². The molecular formula is C25H41F3N4O. The summed E-state index contributed by atoms with van der Waals surface area (Å²) < 4.78 is 42.1. The van der Waals surface area contributed by atoms with Gasteiger partial charge in [-0.1, -0.05) is 20.3 Å². The van der Waals surface area contributed by atoms with Crippen molar-refractivity contribution in [1.82, 2.24) is 20.7 Å². The maximum Gasteiger partial charge on any atom is 0.392 e. The summed E-state index contributed by atoms with van der Waals surface area (Å²) in [6, 6.07) is 0.0989. The number of fused-ring (bicyclic) bond motifs is 1. The minimum absolute atomic E-state index is 0.0319. The highest BCUT2D eigenvalue weighted by Gasteiger charge is 2.59. The van der Waals surface area contributed by atoms with Gasteiger partial charge in [-0.15, -0.1) is 0 Å². The first kappa shape index (κ1) is 23.9. The quantitative estimate of drug-likeness (QED) is 0.627. The number of carbonyl (C=O) groups excluding carboxylic acids is 1. The van der Waals surface area contributed by atoms with Crippen molar-refractivity contribution >= 4 is 5.91 Å². The molecule has 0 radical (unpaired) electrons. The summed E-state index contributed by atoms with van der Waals surface area (Å²) in [5, 5.41) is 0. The molecule has 0 aromatic heterocycles. The fourth-order valence-corrected chi connectivity index (χ4v) is 7.64. The van der Waals surface area contributed by atoms with Crippen LogP contribution in [0.5, 0.6) is 0 Å². The van der Waals surface area contributed by atoms with Crippen LogP contribution in [-0.4, -0.2) is 54.4 Å². The number of alkyl halides is 3. The van der Waals surface area contributed by atoms with Crippen LogP contribution >= 0.6 is 0 Å². The van der Waals surface area contributed by atoms with E-state index in [1.807, 2.05) is 4.90 Å². The molecule has 0 bridgehead atoms. The fourth-order valence-electron chi connectivity index (χ4n) is 7.64. The maximum atomic E-state index is 14.0. The number of hydrazine groups is 1. The Balaban J connectivity index is 1.28. The highest BCUT2D eigenvalue weighted by atomic mass is 19.4. The largest absolute Gasteiger partial charge is 0.392 e. The van der Waals surface area contributed by atoms with E-state index in [2.05, 4.69) is 36.6 Å². The SMILES string of the molecule is CN1CNNC1CC(C)(C)C1CCCC(N2CC3C(CC(C4CC4)CC3C(F)(F)F)C2=O)C1. The molecule has 0 aromatic carbocycles. The highest BCUT2D eigenvalue weighted by molar-refractivity contribution is 5.82. The minimum Gasteiger partial charge on any atom is -0.339 e. The van der Waals surface area contributed by atoms with Gasteiger partial charge in [0.25, 0.3) is 0 Å². The maximum absolute atomic E-state index is 14.0. The topological polar surface area (TPSA) is 47.6 Å². The van der Waals surface area contributed by atoms with Gasteiger partial charge in [0.1, 0.15) is 0 Å². The second-order valence-electron chi connectivity index (χ2n) is 12.4. The van der Waals surface area contributed by atoms with E-state index in [9.17, 15) is 18.0 Å². The summed E-state index contributed by atoms with van der Waals surface area (Å²) in [7, 11) is 2.11. The predicted molar refractivity (Wildman–Crippen MR) is 121 cm³/mol. The normalized spacial score (nSPS) is 41.0. The van der Waals surface area contributed by atoms with Gasteiger partial charge in [0.15, 0.2) is 0 Å². The van der Waals surface area contributed by atoms with Crippen LogP contribution < -0.4 is 10.9 Å². The lowest BCUT2D eigenvalue weighted by molar-refractivity contribution is -0.204. The molecule has 5 aliphatic rings. The van der Waals surface area contributed by atoms with E-state index in [-0.39, 0.29) is 35.9 Å². The van der Waals surface area contributed by atoms with Gasteiger partial charge < -0.3 is 4.90 Å². The van der Waals surface area contributed by atoms with Crippen molar-refractivity contribution in [2.75, 3.05) is 20.3 Å². The van der Waals surface area contributed by atoms with Crippen LogP contribution in [-0.2, 0) is 4.79 Å². The summed E-state index contributed by atoms with van der Waals surface area (Å²) in [4.78, 5) is 17.7. The molecule has 3 saturated carbocycles. The lowest BCUT2D eigenvalue weighted by Crippen LogP contribution is -2.46. The Kier molecular flexibility index (Phi) is 6.26. The van der Waals surface area contributed by atoms with Gasteiger partial charge in [-0.2, -0.15) is 13.2 Å². The predicted octanol–water partition coefficient (Wildman–Crippen LogP) is 4.36. The van der Waals surface area contributed by atoms with Gasteiger partial charge in [0.2, 0.25) is 5.91 Å². The number of halogens is 3. The third-order valence-corrected chi connectivity index (χ3v) is 9.91. The average molecular weight is 471 g/mol. The number of nitrogens with one attached hydrogen (secondary N) is 2. The Hall–Kier alpha value is -0.860. The Labute approximate surface area is 196 Å². The van der Waals surface area contributed by atoms with Gasteiger partial charge in [0.05, 0.1) is 18.8 Å². The van der Waals surface area contributed by atoms with Crippen LogP contribution in [0, 0.1) is 40.9 Å². The molecule has 7 unspecified atom stereocenters. The zero-order valence-corrected chi connectivity index (χ0v) is 20.3. The summed E-state index contributed by atoms with van der Waals surface area (Å²) in [6.45, 7) is 5.78. The molecule has 7 atom stereocenters. The van der Waals surface area contributed by atoms with E-state index in [4.69, 9.17) is 0 Å². The van der Waals surface area contributed by atoms with Gasteiger partial charge >= 0.3 is 6.18 Å². The monoisotopic (exact) mass is 470 g/mol. The first-order chi connectivity index (χ1) is 15.5. The first-order valence-electron chi connectivity index (χ1n) is 13.1. The molecular weight excluding hydrogens is 429 g/mol. The number of hydrogen-bond donors (Lipinski definition) is 2. The second-order valence-corrected chi connectivity index (χ2v) is 12.4. The lowest BCUT2D eigenvalue weighted by Gasteiger charge is -2.44. The molecule has 0 spiro atoms. The zero-order valence-electron chi connectivity index (χ0n) is 20.3. The van der Waals surface area contributed by atoms with Crippen LogP contribution in [0.1, 0.15) is 71.6 Å². The van der Waals surface area contributed by atoms with Crippen LogP contribution in [0.3, 0.4) is 0 Å². The Morgan fingerprint density at radius 2 is 1.79 bits per heavy atom. The standard InChI is InChI=1S/C25H41F3N4O/c1-24(2,12-22-30-29-14-31(22)3)17-5-4-6-18(11-17)32-13-20-19(23(32)33)9-16(15-7-8-15)10-21(20)25(26,27)28/h15-22,29-30H,4-14H2,1-3H3. The molecule has 188 valence electrons. The van der Waals surface area contributed by atoms with E-state index in [0.717, 1.165) is 51.6 Å². The number of carbonyl (C=O) groups is 1. The molecule has 1 amide bonds. The van der Waals surface area contributed by atoms with Crippen LogP contribution in [0.2, 0.25) is 0 Å². The molecule has 0 aromatic rings. The minimum atomic E-state index is -4.20. The molecule has 2 saturated heterocycles. The Morgan fingerprint density at radius 1 is 1.03 bits per heavy atom. The van der Waals surface area contributed by atoms with Crippen molar-refractivity contribution in [3.63, 3.8) is 0 Å². The van der Waals surface area contributed by atoms with Crippen molar-refractivity contribution in [1.29, 1.82) is 0 Å².